The summed E-state index contributed by atoms with van der Waals surface area (Å²) in [5.41, 5.74) is 2.54. The van der Waals surface area contributed by atoms with E-state index in [1.165, 1.54) is 0 Å². The lowest BCUT2D eigenvalue weighted by molar-refractivity contribution is 0.363. The zero-order valence-electron chi connectivity index (χ0n) is 11.5. The summed E-state index contributed by atoms with van der Waals surface area (Å²) < 4.78 is 5.76. The Morgan fingerprint density at radius 3 is 2.95 bits per heavy atom. The average molecular weight is 298 g/mol. The van der Waals surface area contributed by atoms with E-state index in [9.17, 15) is 0 Å². The predicted octanol–water partition coefficient (Wildman–Crippen LogP) is 3.31. The summed E-state index contributed by atoms with van der Waals surface area (Å²) in [5.74, 6) is 1.52. The van der Waals surface area contributed by atoms with E-state index >= 15 is 0 Å². The Hall–Kier alpha value is -2.34. The highest BCUT2D eigenvalue weighted by atomic mass is 32.2. The highest BCUT2D eigenvalue weighted by Gasteiger charge is 2.12. The van der Waals surface area contributed by atoms with Gasteiger partial charge in [-0.2, -0.15) is 10.2 Å². The fourth-order valence-corrected chi connectivity index (χ4v) is 2.43. The zero-order valence-corrected chi connectivity index (χ0v) is 12.4. The van der Waals surface area contributed by atoms with Crippen LogP contribution in [0.25, 0.3) is 22.4 Å². The lowest BCUT2D eigenvalue weighted by atomic mass is 10.2. The van der Waals surface area contributed by atoms with Gasteiger partial charge >= 0.3 is 0 Å². The average Bonchev–Trinajstić information content (AvgIpc) is 2.96. The Kier molecular flexibility index (Phi) is 3.87. The van der Waals surface area contributed by atoms with Gasteiger partial charge in [-0.15, -0.1) is 11.8 Å². The first-order valence-electron chi connectivity index (χ1n) is 6.40. The lowest BCUT2D eigenvalue weighted by Gasteiger charge is -2.10. The molecular formula is C15H14N4OS. The highest BCUT2D eigenvalue weighted by Crippen LogP contribution is 2.32. The fraction of sp³-hybridized carbons (Fsp3) is 0.133. The number of fused-ring (bicyclic) bond motifs is 1. The van der Waals surface area contributed by atoms with Crippen molar-refractivity contribution in [1.82, 2.24) is 20.2 Å². The SMILES string of the molecule is C=CCOc1cc(SC)ccc1-c1nc2cnncc2[nH]1. The van der Waals surface area contributed by atoms with Crippen molar-refractivity contribution in [1.29, 1.82) is 0 Å². The maximum atomic E-state index is 5.76. The van der Waals surface area contributed by atoms with E-state index in [2.05, 4.69) is 26.7 Å². The number of thioether (sulfide) groups is 1. The van der Waals surface area contributed by atoms with Gasteiger partial charge in [-0.05, 0) is 24.5 Å². The van der Waals surface area contributed by atoms with Crippen molar-refractivity contribution >= 4 is 22.8 Å². The molecule has 1 N–H and O–H groups in total. The maximum Gasteiger partial charge on any atom is 0.142 e. The summed E-state index contributed by atoms with van der Waals surface area (Å²) in [7, 11) is 0. The first-order valence-corrected chi connectivity index (χ1v) is 7.63. The van der Waals surface area contributed by atoms with Crippen molar-refractivity contribution in [2.24, 2.45) is 0 Å². The Morgan fingerprint density at radius 2 is 2.19 bits per heavy atom. The number of benzene rings is 1. The summed E-state index contributed by atoms with van der Waals surface area (Å²) in [6, 6.07) is 6.06. The van der Waals surface area contributed by atoms with Gasteiger partial charge in [-0.1, -0.05) is 12.7 Å². The third-order valence-corrected chi connectivity index (χ3v) is 3.72. The molecule has 0 saturated carbocycles. The smallest absolute Gasteiger partial charge is 0.142 e. The van der Waals surface area contributed by atoms with E-state index in [1.54, 1.807) is 30.2 Å². The van der Waals surface area contributed by atoms with Crippen molar-refractivity contribution in [3.05, 3.63) is 43.2 Å². The molecule has 0 saturated heterocycles. The normalized spacial score (nSPS) is 10.7. The number of hydrogen-bond acceptors (Lipinski definition) is 5. The minimum Gasteiger partial charge on any atom is -0.489 e. The molecule has 0 atom stereocenters. The first kappa shape index (κ1) is 13.6. The Morgan fingerprint density at radius 1 is 1.33 bits per heavy atom. The minimum absolute atomic E-state index is 0.453. The van der Waals surface area contributed by atoms with Gasteiger partial charge in [0, 0.05) is 4.90 Å². The van der Waals surface area contributed by atoms with E-state index < -0.39 is 0 Å². The lowest BCUT2D eigenvalue weighted by Crippen LogP contribution is -1.96. The third-order valence-electron chi connectivity index (χ3n) is 3.00. The molecule has 1 aromatic carbocycles. The molecule has 0 bridgehead atoms. The van der Waals surface area contributed by atoms with Gasteiger partial charge in [0.15, 0.2) is 0 Å². The summed E-state index contributed by atoms with van der Waals surface area (Å²) in [5, 5.41) is 7.69. The molecule has 3 rings (SSSR count). The molecule has 0 unspecified atom stereocenters. The molecule has 6 heteroatoms. The predicted molar refractivity (Wildman–Crippen MR) is 84.6 cm³/mol. The molecule has 0 spiro atoms. The van der Waals surface area contributed by atoms with Gasteiger partial charge < -0.3 is 9.72 Å². The van der Waals surface area contributed by atoms with Gasteiger partial charge in [0.05, 0.1) is 23.5 Å². The van der Waals surface area contributed by atoms with Crippen molar-refractivity contribution in [2.45, 2.75) is 4.90 Å². The van der Waals surface area contributed by atoms with E-state index in [1.807, 2.05) is 24.5 Å². The number of aromatic nitrogens is 4. The van der Waals surface area contributed by atoms with Crippen LogP contribution < -0.4 is 4.74 Å². The van der Waals surface area contributed by atoms with Gasteiger partial charge in [0.25, 0.3) is 0 Å². The summed E-state index contributed by atoms with van der Waals surface area (Å²) in [4.78, 5) is 8.91. The number of aromatic amines is 1. The van der Waals surface area contributed by atoms with E-state index in [0.717, 1.165) is 33.1 Å². The number of H-pyrrole nitrogens is 1. The molecule has 0 aliphatic rings. The zero-order chi connectivity index (χ0) is 14.7. The number of ether oxygens (including phenoxy) is 1. The van der Waals surface area contributed by atoms with Crippen LogP contribution in [0.15, 0.2) is 48.1 Å². The van der Waals surface area contributed by atoms with Crippen molar-refractivity contribution in [3.8, 4) is 17.1 Å². The van der Waals surface area contributed by atoms with Crippen molar-refractivity contribution < 1.29 is 4.74 Å². The molecule has 2 aromatic heterocycles. The number of imidazole rings is 1. The molecule has 2 heterocycles. The van der Waals surface area contributed by atoms with Crippen LogP contribution in [0.3, 0.4) is 0 Å². The maximum absolute atomic E-state index is 5.76. The van der Waals surface area contributed by atoms with Crippen LogP contribution in [0, 0.1) is 0 Å². The minimum atomic E-state index is 0.453. The van der Waals surface area contributed by atoms with Crippen LogP contribution in [0.1, 0.15) is 0 Å². The molecule has 106 valence electrons. The number of nitrogens with zero attached hydrogens (tertiary/aromatic N) is 3. The quantitative estimate of drug-likeness (QED) is 0.578. The first-order chi connectivity index (χ1) is 10.3. The van der Waals surface area contributed by atoms with Gasteiger partial charge in [-0.3, -0.25) is 0 Å². The molecule has 0 radical (unpaired) electrons. The second kappa shape index (κ2) is 5.97. The van der Waals surface area contributed by atoms with Gasteiger partial charge in [-0.25, -0.2) is 4.98 Å². The third kappa shape index (κ3) is 2.75. The fourth-order valence-electron chi connectivity index (χ4n) is 2.00. The second-order valence-corrected chi connectivity index (χ2v) is 5.21. The topological polar surface area (TPSA) is 63.7 Å². The second-order valence-electron chi connectivity index (χ2n) is 4.34. The van der Waals surface area contributed by atoms with Crippen molar-refractivity contribution in [3.63, 3.8) is 0 Å². The highest BCUT2D eigenvalue weighted by molar-refractivity contribution is 7.98. The van der Waals surface area contributed by atoms with Crippen molar-refractivity contribution in [2.75, 3.05) is 12.9 Å². The molecule has 0 aliphatic carbocycles. The molecule has 0 fully saturated rings. The summed E-state index contributed by atoms with van der Waals surface area (Å²) in [6.07, 6.45) is 7.05. The van der Waals surface area contributed by atoms with Gasteiger partial charge in [0.2, 0.25) is 0 Å². The molecule has 3 aromatic rings. The summed E-state index contributed by atoms with van der Waals surface area (Å²) in [6.45, 7) is 4.14. The molecule has 5 nitrogen and oxygen atoms in total. The van der Waals surface area contributed by atoms with E-state index in [4.69, 9.17) is 4.74 Å². The Bertz CT molecular complexity index is 751. The van der Waals surface area contributed by atoms with Crippen LogP contribution in [0.5, 0.6) is 5.75 Å². The Balaban J connectivity index is 2.08. The van der Waals surface area contributed by atoms with Crippen LogP contribution in [-0.4, -0.2) is 33.0 Å². The van der Waals surface area contributed by atoms with Gasteiger partial charge in [0.1, 0.15) is 23.7 Å². The van der Waals surface area contributed by atoms with Crippen LogP contribution in [0.2, 0.25) is 0 Å². The molecular weight excluding hydrogens is 284 g/mol. The van der Waals surface area contributed by atoms with E-state index in [-0.39, 0.29) is 0 Å². The van der Waals surface area contributed by atoms with Crippen LogP contribution >= 0.6 is 11.8 Å². The van der Waals surface area contributed by atoms with E-state index in [0.29, 0.717) is 6.61 Å². The standard InChI is InChI=1S/C15H14N4OS/c1-3-6-20-14-7-10(21-2)4-5-11(14)15-18-12-8-16-17-9-13(12)19-15/h3-5,7-9H,1,6H2,2H3,(H,18,19). The monoisotopic (exact) mass is 298 g/mol. The number of nitrogens with one attached hydrogen (secondary N) is 1. The number of rotatable bonds is 5. The number of hydrogen-bond donors (Lipinski definition) is 1. The Labute approximate surface area is 126 Å². The molecule has 21 heavy (non-hydrogen) atoms. The largest absolute Gasteiger partial charge is 0.489 e. The molecule has 0 aliphatic heterocycles. The van der Waals surface area contributed by atoms with Crippen LogP contribution in [-0.2, 0) is 0 Å². The summed E-state index contributed by atoms with van der Waals surface area (Å²) >= 11 is 1.67. The molecule has 0 amide bonds. The van der Waals surface area contributed by atoms with Crippen LogP contribution in [0.4, 0.5) is 0 Å².